The number of carbonyl (C=O) groups excluding carboxylic acids is 1. The zero-order valence-electron chi connectivity index (χ0n) is 18.7. The molecule has 4 aromatic rings. The lowest BCUT2D eigenvalue weighted by molar-refractivity contribution is 0.0946. The van der Waals surface area contributed by atoms with Crippen LogP contribution in [0.3, 0.4) is 0 Å². The quantitative estimate of drug-likeness (QED) is 0.296. The third-order valence-corrected chi connectivity index (χ3v) is 4.83. The van der Waals surface area contributed by atoms with Gasteiger partial charge in [0, 0.05) is 0 Å². The molecule has 0 unspecified atom stereocenters. The van der Waals surface area contributed by atoms with E-state index in [0.29, 0.717) is 29.4 Å². The Morgan fingerprint density at radius 1 is 1.18 bits per heavy atom. The normalized spacial score (nSPS) is 11.0. The Labute approximate surface area is 194 Å². The second-order valence-electron chi connectivity index (χ2n) is 7.29. The summed E-state index contributed by atoms with van der Waals surface area (Å²) >= 11 is 0. The maximum atomic E-state index is 12.7. The number of rotatable bonds is 8. The number of carbonyl (C=O) groups is 1. The molecule has 0 aliphatic rings. The first-order valence-corrected chi connectivity index (χ1v) is 10.2. The van der Waals surface area contributed by atoms with Gasteiger partial charge in [-0.15, -0.1) is 5.10 Å². The zero-order chi connectivity index (χ0) is 24.1. The van der Waals surface area contributed by atoms with Crippen LogP contribution in [-0.2, 0) is 6.61 Å². The molecular weight excluding hydrogens is 440 g/mol. The molecule has 174 valence electrons. The number of nitrogens with one attached hydrogen (secondary N) is 1. The Kier molecular flexibility index (Phi) is 6.48. The van der Waals surface area contributed by atoms with Crippen molar-refractivity contribution < 1.29 is 18.9 Å². The summed E-state index contributed by atoms with van der Waals surface area (Å²) in [6, 6.07) is 13.4. The largest absolute Gasteiger partial charge is 0.493 e. The van der Waals surface area contributed by atoms with Crippen LogP contribution in [0.4, 0.5) is 5.82 Å². The standard InChI is InChI=1S/C22H22N8O4/c1-13-4-6-15(7-5-13)12-33-17-9-8-16(10-18(17)32-3)11-24-26-22(31)19-14(2)25-29-30(19)21-20(23)27-34-28-21/h4-11H,12H2,1-3H3,(H2,23,27)(H,26,31). The Balaban J connectivity index is 1.43. The van der Waals surface area contributed by atoms with Crippen LogP contribution in [0.5, 0.6) is 11.5 Å². The summed E-state index contributed by atoms with van der Waals surface area (Å²) in [4.78, 5) is 12.7. The Bertz CT molecular complexity index is 1330. The minimum absolute atomic E-state index is 0.0285. The van der Waals surface area contributed by atoms with E-state index in [-0.39, 0.29) is 17.3 Å². The first-order chi connectivity index (χ1) is 16.5. The molecular formula is C22H22N8O4. The summed E-state index contributed by atoms with van der Waals surface area (Å²) in [5, 5.41) is 18.9. The van der Waals surface area contributed by atoms with Crippen molar-refractivity contribution in [3.63, 3.8) is 0 Å². The van der Waals surface area contributed by atoms with Crippen molar-refractivity contribution >= 4 is 17.9 Å². The third-order valence-electron chi connectivity index (χ3n) is 4.83. The highest BCUT2D eigenvalue weighted by molar-refractivity contribution is 5.94. The highest BCUT2D eigenvalue weighted by Gasteiger charge is 2.22. The molecule has 2 heterocycles. The smallest absolute Gasteiger partial charge is 0.292 e. The number of benzene rings is 2. The maximum absolute atomic E-state index is 12.7. The van der Waals surface area contributed by atoms with Crippen LogP contribution < -0.4 is 20.6 Å². The number of anilines is 1. The average molecular weight is 462 g/mol. The second-order valence-corrected chi connectivity index (χ2v) is 7.29. The zero-order valence-corrected chi connectivity index (χ0v) is 18.7. The van der Waals surface area contributed by atoms with E-state index in [4.69, 9.17) is 15.2 Å². The number of ether oxygens (including phenoxy) is 2. The summed E-state index contributed by atoms with van der Waals surface area (Å²) in [7, 11) is 1.55. The van der Waals surface area contributed by atoms with Gasteiger partial charge in [0.05, 0.1) is 19.0 Å². The Morgan fingerprint density at radius 3 is 2.68 bits per heavy atom. The first kappa shape index (κ1) is 22.5. The number of aryl methyl sites for hydroxylation is 2. The van der Waals surface area contributed by atoms with Gasteiger partial charge in [-0.2, -0.15) is 9.78 Å². The van der Waals surface area contributed by atoms with E-state index in [0.717, 1.165) is 10.2 Å². The van der Waals surface area contributed by atoms with Gasteiger partial charge in [-0.25, -0.2) is 10.1 Å². The van der Waals surface area contributed by atoms with Crippen molar-refractivity contribution in [1.82, 2.24) is 30.7 Å². The van der Waals surface area contributed by atoms with Crippen molar-refractivity contribution in [2.45, 2.75) is 20.5 Å². The number of nitrogens with zero attached hydrogens (tertiary/aromatic N) is 6. The molecule has 0 atom stereocenters. The van der Waals surface area contributed by atoms with Crippen molar-refractivity contribution in [3.8, 4) is 17.3 Å². The van der Waals surface area contributed by atoms with Crippen molar-refractivity contribution in [2.24, 2.45) is 5.10 Å². The van der Waals surface area contributed by atoms with Crippen molar-refractivity contribution in [2.75, 3.05) is 12.8 Å². The van der Waals surface area contributed by atoms with Crippen LogP contribution in [0.1, 0.15) is 32.9 Å². The fourth-order valence-corrected chi connectivity index (χ4v) is 3.05. The fourth-order valence-electron chi connectivity index (χ4n) is 3.05. The molecule has 2 aromatic heterocycles. The van der Waals surface area contributed by atoms with Gasteiger partial charge in [0.2, 0.25) is 11.6 Å². The highest BCUT2D eigenvalue weighted by Crippen LogP contribution is 2.28. The molecule has 34 heavy (non-hydrogen) atoms. The second kappa shape index (κ2) is 9.81. The highest BCUT2D eigenvalue weighted by atomic mass is 16.6. The van der Waals surface area contributed by atoms with Gasteiger partial charge in [0.25, 0.3) is 5.91 Å². The molecule has 0 aliphatic heterocycles. The van der Waals surface area contributed by atoms with E-state index in [9.17, 15) is 4.79 Å². The lowest BCUT2D eigenvalue weighted by Gasteiger charge is -2.11. The van der Waals surface area contributed by atoms with Crippen LogP contribution in [0.2, 0.25) is 0 Å². The molecule has 12 heteroatoms. The first-order valence-electron chi connectivity index (χ1n) is 10.2. The number of methoxy groups -OCH3 is 1. The van der Waals surface area contributed by atoms with E-state index in [2.05, 4.69) is 35.8 Å². The number of amides is 1. The molecule has 3 N–H and O–H groups in total. The molecule has 0 radical (unpaired) electrons. The van der Waals surface area contributed by atoms with Gasteiger partial charge < -0.3 is 15.2 Å². The van der Waals surface area contributed by atoms with E-state index >= 15 is 0 Å². The molecule has 0 saturated heterocycles. The predicted octanol–water partition coefficient (Wildman–Crippen LogP) is 2.20. The van der Waals surface area contributed by atoms with Crippen molar-refractivity contribution in [1.29, 1.82) is 0 Å². The van der Waals surface area contributed by atoms with Gasteiger partial charge in [-0.1, -0.05) is 35.0 Å². The Hall–Kier alpha value is -4.74. The molecule has 1 amide bonds. The monoisotopic (exact) mass is 462 g/mol. The SMILES string of the molecule is COc1cc(C=NNC(=O)c2c(C)nnn2-c2nonc2N)ccc1OCc1ccc(C)cc1. The molecule has 0 fully saturated rings. The molecule has 0 saturated carbocycles. The van der Waals surface area contributed by atoms with Crippen LogP contribution in [0, 0.1) is 13.8 Å². The average Bonchev–Trinajstić information content (AvgIpc) is 3.43. The fraction of sp³-hybridized carbons (Fsp3) is 0.182. The molecule has 0 bridgehead atoms. The van der Waals surface area contributed by atoms with Crippen molar-refractivity contribution in [3.05, 3.63) is 70.5 Å². The predicted molar refractivity (Wildman–Crippen MR) is 122 cm³/mol. The van der Waals surface area contributed by atoms with Crippen LogP contribution in [0.15, 0.2) is 52.2 Å². The molecule has 0 aliphatic carbocycles. The van der Waals surface area contributed by atoms with E-state index in [1.807, 2.05) is 31.2 Å². The number of nitrogens with two attached hydrogens (primary N) is 1. The van der Waals surface area contributed by atoms with E-state index < -0.39 is 5.91 Å². The van der Waals surface area contributed by atoms with Gasteiger partial charge in [-0.3, -0.25) is 4.79 Å². The van der Waals surface area contributed by atoms with Gasteiger partial charge >= 0.3 is 0 Å². The summed E-state index contributed by atoms with van der Waals surface area (Å²) in [5.74, 6) is 0.592. The topological polar surface area (TPSA) is 156 Å². The summed E-state index contributed by atoms with van der Waals surface area (Å²) in [6.07, 6.45) is 1.47. The Morgan fingerprint density at radius 2 is 1.97 bits per heavy atom. The van der Waals surface area contributed by atoms with E-state index in [1.165, 1.54) is 11.8 Å². The third kappa shape index (κ3) is 4.85. The number of hydrogen-bond acceptors (Lipinski definition) is 10. The number of nitrogen functional groups attached to an aromatic ring is 1. The maximum Gasteiger partial charge on any atom is 0.292 e. The lowest BCUT2D eigenvalue weighted by atomic mass is 10.2. The summed E-state index contributed by atoms with van der Waals surface area (Å²) in [5.41, 5.74) is 11.5. The minimum Gasteiger partial charge on any atom is -0.493 e. The van der Waals surface area contributed by atoms with Gasteiger partial charge in [0.1, 0.15) is 6.61 Å². The molecule has 4 rings (SSSR count). The minimum atomic E-state index is -0.564. The van der Waals surface area contributed by atoms with Gasteiger partial charge in [-0.05, 0) is 53.5 Å². The molecule has 0 spiro atoms. The lowest BCUT2D eigenvalue weighted by Crippen LogP contribution is -2.22. The summed E-state index contributed by atoms with van der Waals surface area (Å²) in [6.45, 7) is 4.06. The van der Waals surface area contributed by atoms with Gasteiger partial charge in [0.15, 0.2) is 17.2 Å². The number of aromatic nitrogens is 5. The number of hydrazone groups is 1. The van der Waals surface area contributed by atoms with Crippen LogP contribution in [-0.4, -0.2) is 44.5 Å². The molecule has 2 aromatic carbocycles. The molecule has 12 nitrogen and oxygen atoms in total. The number of hydrogen-bond donors (Lipinski definition) is 2. The summed E-state index contributed by atoms with van der Waals surface area (Å²) < 4.78 is 17.0. The van der Waals surface area contributed by atoms with Crippen LogP contribution in [0.25, 0.3) is 5.82 Å². The van der Waals surface area contributed by atoms with E-state index in [1.54, 1.807) is 32.2 Å². The van der Waals surface area contributed by atoms with Crippen LogP contribution >= 0.6 is 0 Å².